The van der Waals surface area contributed by atoms with Crippen LogP contribution < -0.4 is 4.90 Å². The Hall–Kier alpha value is -0.750. The van der Waals surface area contributed by atoms with Crippen LogP contribution in [0.1, 0.15) is 12.8 Å². The molecule has 0 spiro atoms. The molecule has 6 heteroatoms. The minimum atomic E-state index is -4.05. The summed E-state index contributed by atoms with van der Waals surface area (Å²) >= 11 is 3.40. The lowest BCUT2D eigenvalue weighted by Crippen LogP contribution is -2.49. The lowest BCUT2D eigenvalue weighted by molar-refractivity contribution is -0.192. The van der Waals surface area contributed by atoms with E-state index in [2.05, 4.69) is 20.8 Å². The number of rotatable bonds is 3. The second kappa shape index (κ2) is 5.47. The molecule has 1 saturated carbocycles. The molecule has 0 amide bonds. The van der Waals surface area contributed by atoms with Crippen LogP contribution in [0, 0.1) is 5.41 Å². The van der Waals surface area contributed by atoms with E-state index in [1.165, 1.54) is 0 Å². The van der Waals surface area contributed by atoms with E-state index in [1.54, 1.807) is 0 Å². The summed E-state index contributed by atoms with van der Waals surface area (Å²) in [6.45, 7) is 3.15. The molecule has 1 heterocycles. The molecule has 1 aliphatic heterocycles. The third-order valence-corrected chi connectivity index (χ3v) is 5.07. The fourth-order valence-electron chi connectivity index (χ4n) is 2.93. The lowest BCUT2D eigenvalue weighted by Gasteiger charge is -2.38. The Morgan fingerprint density at radius 2 is 1.57 bits per heavy atom. The molecule has 116 valence electrons. The molecule has 3 rings (SSSR count). The van der Waals surface area contributed by atoms with E-state index in [0.717, 1.165) is 23.2 Å². The molecule has 0 unspecified atom stereocenters. The predicted octanol–water partition coefficient (Wildman–Crippen LogP) is 3.91. The van der Waals surface area contributed by atoms with Crippen molar-refractivity contribution in [1.82, 2.24) is 4.90 Å². The van der Waals surface area contributed by atoms with Crippen molar-refractivity contribution >= 4 is 21.6 Å². The van der Waals surface area contributed by atoms with Crippen LogP contribution in [0.4, 0.5) is 18.9 Å². The van der Waals surface area contributed by atoms with Gasteiger partial charge in [-0.3, -0.25) is 4.90 Å². The van der Waals surface area contributed by atoms with Gasteiger partial charge in [-0.25, -0.2) is 0 Å². The van der Waals surface area contributed by atoms with Gasteiger partial charge in [0.2, 0.25) is 0 Å². The van der Waals surface area contributed by atoms with Crippen molar-refractivity contribution in [3.8, 4) is 0 Å². The summed E-state index contributed by atoms with van der Waals surface area (Å²) in [4.78, 5) is 4.20. The number of piperazine rings is 1. The highest BCUT2D eigenvalue weighted by atomic mass is 79.9. The highest BCUT2D eigenvalue weighted by Gasteiger charge is 2.63. The molecule has 2 fully saturated rings. The van der Waals surface area contributed by atoms with E-state index in [4.69, 9.17) is 0 Å². The Morgan fingerprint density at radius 3 is 2.05 bits per heavy atom. The van der Waals surface area contributed by atoms with Gasteiger partial charge in [0.05, 0.1) is 5.41 Å². The van der Waals surface area contributed by atoms with E-state index in [9.17, 15) is 13.2 Å². The molecular weight excluding hydrogens is 345 g/mol. The van der Waals surface area contributed by atoms with Crippen LogP contribution in [0.25, 0.3) is 0 Å². The van der Waals surface area contributed by atoms with Gasteiger partial charge in [-0.05, 0) is 37.1 Å². The number of anilines is 1. The van der Waals surface area contributed by atoms with E-state index in [0.29, 0.717) is 25.9 Å². The summed E-state index contributed by atoms with van der Waals surface area (Å²) in [5.74, 6) is 0. The highest BCUT2D eigenvalue weighted by Crippen LogP contribution is 2.57. The molecule has 1 saturated heterocycles. The molecule has 2 nitrogen and oxygen atoms in total. The summed E-state index contributed by atoms with van der Waals surface area (Å²) in [5, 5.41) is 0. The largest absolute Gasteiger partial charge is 0.395 e. The third kappa shape index (κ3) is 3.21. The number of halogens is 4. The van der Waals surface area contributed by atoms with E-state index < -0.39 is 11.6 Å². The molecule has 1 aliphatic carbocycles. The van der Waals surface area contributed by atoms with Crippen LogP contribution in [0.3, 0.4) is 0 Å². The Kier molecular flexibility index (Phi) is 3.94. The maximum absolute atomic E-state index is 13.0. The average molecular weight is 363 g/mol. The van der Waals surface area contributed by atoms with Gasteiger partial charge in [-0.15, -0.1) is 0 Å². The zero-order chi connectivity index (χ0) is 15.1. The lowest BCUT2D eigenvalue weighted by atomic mass is 10.1. The maximum atomic E-state index is 13.0. The van der Waals surface area contributed by atoms with Gasteiger partial charge >= 0.3 is 6.18 Å². The molecule has 0 N–H and O–H groups in total. The van der Waals surface area contributed by atoms with Crippen LogP contribution in [0.2, 0.25) is 0 Å². The quantitative estimate of drug-likeness (QED) is 0.804. The first-order valence-corrected chi connectivity index (χ1v) is 7.99. The fourth-order valence-corrected chi connectivity index (χ4v) is 3.19. The van der Waals surface area contributed by atoms with E-state index in [-0.39, 0.29) is 6.54 Å². The summed E-state index contributed by atoms with van der Waals surface area (Å²) in [5.41, 5.74) is -0.276. The van der Waals surface area contributed by atoms with Gasteiger partial charge in [-0.2, -0.15) is 13.2 Å². The summed E-state index contributed by atoms with van der Waals surface area (Å²) in [6.07, 6.45) is -3.46. The smallest absolute Gasteiger partial charge is 0.369 e. The predicted molar refractivity (Wildman–Crippen MR) is 80.5 cm³/mol. The number of hydrogen-bond acceptors (Lipinski definition) is 2. The van der Waals surface area contributed by atoms with Crippen molar-refractivity contribution in [3.05, 3.63) is 28.7 Å². The standard InChI is InChI=1S/C15H18BrF3N2/c16-12-1-3-13(4-2-12)21-9-7-20(8-10-21)11-14(5-6-14)15(17,18)19/h1-4H,5-11H2. The van der Waals surface area contributed by atoms with E-state index in [1.807, 2.05) is 29.2 Å². The average Bonchev–Trinajstić information content (AvgIpc) is 3.21. The van der Waals surface area contributed by atoms with Gasteiger partial charge in [0.25, 0.3) is 0 Å². The molecular formula is C15H18BrF3N2. The normalized spacial score (nSPS) is 22.4. The SMILES string of the molecule is FC(F)(F)C1(CN2CCN(c3ccc(Br)cc3)CC2)CC1. The molecule has 0 aromatic heterocycles. The van der Waals surface area contributed by atoms with Crippen LogP contribution in [0.15, 0.2) is 28.7 Å². The van der Waals surface area contributed by atoms with Crippen LogP contribution in [-0.2, 0) is 0 Å². The minimum Gasteiger partial charge on any atom is -0.369 e. The summed E-state index contributed by atoms with van der Waals surface area (Å²) in [6, 6.07) is 8.06. The molecule has 1 aromatic carbocycles. The molecule has 0 atom stereocenters. The Bertz CT molecular complexity index is 489. The van der Waals surface area contributed by atoms with Gasteiger partial charge in [-0.1, -0.05) is 15.9 Å². The zero-order valence-electron chi connectivity index (χ0n) is 11.7. The van der Waals surface area contributed by atoms with Gasteiger partial charge in [0, 0.05) is 42.9 Å². The first kappa shape index (κ1) is 15.2. The minimum absolute atomic E-state index is 0.171. The van der Waals surface area contributed by atoms with E-state index >= 15 is 0 Å². The van der Waals surface area contributed by atoms with Gasteiger partial charge < -0.3 is 4.90 Å². The molecule has 21 heavy (non-hydrogen) atoms. The molecule has 0 bridgehead atoms. The van der Waals surface area contributed by atoms with Gasteiger partial charge in [0.1, 0.15) is 0 Å². The van der Waals surface area contributed by atoms with Crippen molar-refractivity contribution in [2.45, 2.75) is 19.0 Å². The van der Waals surface area contributed by atoms with Crippen LogP contribution >= 0.6 is 15.9 Å². The van der Waals surface area contributed by atoms with Crippen molar-refractivity contribution < 1.29 is 13.2 Å². The molecule has 1 aromatic rings. The topological polar surface area (TPSA) is 6.48 Å². The maximum Gasteiger partial charge on any atom is 0.395 e. The Labute approximate surface area is 131 Å². The first-order valence-electron chi connectivity index (χ1n) is 7.19. The van der Waals surface area contributed by atoms with Gasteiger partial charge in [0.15, 0.2) is 0 Å². The first-order chi connectivity index (χ1) is 9.90. The highest BCUT2D eigenvalue weighted by molar-refractivity contribution is 9.10. The number of alkyl halides is 3. The van der Waals surface area contributed by atoms with Crippen LogP contribution in [0.5, 0.6) is 0 Å². The third-order valence-electron chi connectivity index (χ3n) is 4.55. The number of nitrogens with zero attached hydrogens (tertiary/aromatic N) is 2. The van der Waals surface area contributed by atoms with Crippen molar-refractivity contribution in [3.63, 3.8) is 0 Å². The van der Waals surface area contributed by atoms with Crippen LogP contribution in [-0.4, -0.2) is 43.8 Å². The second-order valence-corrected chi connectivity index (χ2v) is 6.93. The fraction of sp³-hybridized carbons (Fsp3) is 0.600. The van der Waals surface area contributed by atoms with Crippen molar-refractivity contribution in [2.24, 2.45) is 5.41 Å². The van der Waals surface area contributed by atoms with Crippen molar-refractivity contribution in [1.29, 1.82) is 0 Å². The zero-order valence-corrected chi connectivity index (χ0v) is 13.3. The molecule has 0 radical (unpaired) electrons. The second-order valence-electron chi connectivity index (χ2n) is 6.02. The summed E-state index contributed by atoms with van der Waals surface area (Å²) in [7, 11) is 0. The Balaban J connectivity index is 1.55. The Morgan fingerprint density at radius 1 is 1.00 bits per heavy atom. The monoisotopic (exact) mass is 362 g/mol. The molecule has 2 aliphatic rings. The number of benzene rings is 1. The van der Waals surface area contributed by atoms with Crippen molar-refractivity contribution in [2.75, 3.05) is 37.6 Å². The number of hydrogen-bond donors (Lipinski definition) is 0. The summed E-state index contributed by atoms with van der Waals surface area (Å²) < 4.78 is 40.0.